The molecule has 0 spiro atoms. The van der Waals surface area contributed by atoms with Gasteiger partial charge in [-0.3, -0.25) is 4.79 Å². The highest BCUT2D eigenvalue weighted by Crippen LogP contribution is 2.26. The summed E-state index contributed by atoms with van der Waals surface area (Å²) in [5, 5.41) is 0. The van der Waals surface area contributed by atoms with E-state index >= 15 is 0 Å². The van der Waals surface area contributed by atoms with Crippen molar-refractivity contribution in [3.8, 4) is 5.75 Å². The van der Waals surface area contributed by atoms with Gasteiger partial charge in [-0.25, -0.2) is 13.1 Å². The molecule has 25 heavy (non-hydrogen) atoms. The van der Waals surface area contributed by atoms with Crippen LogP contribution in [-0.2, 0) is 19.6 Å². The Balaban J connectivity index is 1.88. The standard InChI is InChI=1S/C18H27NO5S/c1-14(19-25(21,22)12-6-11-23-15(2)20)16-7-5-10-18(13-16)24-17-8-3-4-9-17/h5,7,10,13-14,17,19H,3-4,6,8-9,11-12H2,1-2H3/t14-/m1/s1. The molecule has 0 saturated heterocycles. The van der Waals surface area contributed by atoms with E-state index in [0.717, 1.165) is 24.2 Å². The Morgan fingerprint density at radius 2 is 2.04 bits per heavy atom. The van der Waals surface area contributed by atoms with Crippen LogP contribution in [0.3, 0.4) is 0 Å². The van der Waals surface area contributed by atoms with Gasteiger partial charge in [-0.05, 0) is 56.7 Å². The molecule has 1 fully saturated rings. The summed E-state index contributed by atoms with van der Waals surface area (Å²) in [4.78, 5) is 10.7. The Morgan fingerprint density at radius 1 is 1.32 bits per heavy atom. The van der Waals surface area contributed by atoms with Gasteiger partial charge in [-0.2, -0.15) is 0 Å². The number of ether oxygens (including phenoxy) is 2. The number of carbonyl (C=O) groups excluding carboxylic acids is 1. The predicted molar refractivity (Wildman–Crippen MR) is 95.9 cm³/mol. The van der Waals surface area contributed by atoms with Crippen molar-refractivity contribution in [3.05, 3.63) is 29.8 Å². The zero-order valence-corrected chi connectivity index (χ0v) is 15.7. The van der Waals surface area contributed by atoms with E-state index in [4.69, 9.17) is 9.47 Å². The number of rotatable bonds is 9. The van der Waals surface area contributed by atoms with Crippen LogP contribution in [0.2, 0.25) is 0 Å². The lowest BCUT2D eigenvalue weighted by molar-refractivity contribution is -0.140. The molecule has 2 rings (SSSR count). The Bertz CT molecular complexity index is 668. The van der Waals surface area contributed by atoms with Gasteiger partial charge in [0.05, 0.1) is 18.5 Å². The van der Waals surface area contributed by atoms with E-state index in [1.165, 1.54) is 19.8 Å². The van der Waals surface area contributed by atoms with Crippen LogP contribution in [0.25, 0.3) is 0 Å². The topological polar surface area (TPSA) is 81.7 Å². The maximum Gasteiger partial charge on any atom is 0.302 e. The van der Waals surface area contributed by atoms with Gasteiger partial charge >= 0.3 is 5.97 Å². The van der Waals surface area contributed by atoms with Crippen molar-refractivity contribution >= 4 is 16.0 Å². The average molecular weight is 369 g/mol. The lowest BCUT2D eigenvalue weighted by atomic mass is 10.1. The highest BCUT2D eigenvalue weighted by Gasteiger charge is 2.19. The molecular formula is C18H27NO5S. The largest absolute Gasteiger partial charge is 0.490 e. The van der Waals surface area contributed by atoms with Crippen LogP contribution in [0, 0.1) is 0 Å². The fraction of sp³-hybridized carbons (Fsp3) is 0.611. The first-order chi connectivity index (χ1) is 11.9. The summed E-state index contributed by atoms with van der Waals surface area (Å²) in [7, 11) is -3.44. The van der Waals surface area contributed by atoms with Gasteiger partial charge in [0, 0.05) is 13.0 Å². The van der Waals surface area contributed by atoms with E-state index in [2.05, 4.69) is 4.72 Å². The quantitative estimate of drug-likeness (QED) is 0.535. The van der Waals surface area contributed by atoms with E-state index in [0.29, 0.717) is 0 Å². The number of hydrogen-bond acceptors (Lipinski definition) is 5. The van der Waals surface area contributed by atoms with Gasteiger partial charge in [-0.15, -0.1) is 0 Å². The second-order valence-corrected chi connectivity index (χ2v) is 8.32. The molecule has 0 aliphatic heterocycles. The molecule has 1 aromatic rings. The molecule has 1 atom stereocenters. The Kier molecular flexibility index (Phi) is 7.25. The summed E-state index contributed by atoms with van der Waals surface area (Å²) in [5.74, 6) is 0.297. The third-order valence-electron chi connectivity index (χ3n) is 4.18. The normalized spacial score (nSPS) is 16.6. The molecule has 1 aromatic carbocycles. The number of esters is 1. The molecule has 0 unspecified atom stereocenters. The summed E-state index contributed by atoms with van der Waals surface area (Å²) in [5.41, 5.74) is 0.860. The van der Waals surface area contributed by atoms with Gasteiger partial charge in [0.2, 0.25) is 10.0 Å². The van der Waals surface area contributed by atoms with Crippen molar-refractivity contribution in [2.24, 2.45) is 0 Å². The van der Waals surface area contributed by atoms with Crippen molar-refractivity contribution < 1.29 is 22.7 Å². The molecule has 0 radical (unpaired) electrons. The summed E-state index contributed by atoms with van der Waals surface area (Å²) in [6, 6.07) is 7.21. The minimum absolute atomic E-state index is 0.0805. The van der Waals surface area contributed by atoms with Gasteiger partial charge in [0.25, 0.3) is 0 Å². The fourth-order valence-corrected chi connectivity index (χ4v) is 4.21. The zero-order valence-electron chi connectivity index (χ0n) is 14.9. The van der Waals surface area contributed by atoms with E-state index in [1.54, 1.807) is 6.92 Å². The summed E-state index contributed by atoms with van der Waals surface area (Å²) >= 11 is 0. The monoisotopic (exact) mass is 369 g/mol. The van der Waals surface area contributed by atoms with Crippen molar-refractivity contribution in [2.45, 2.75) is 58.1 Å². The minimum Gasteiger partial charge on any atom is -0.490 e. The lowest BCUT2D eigenvalue weighted by Gasteiger charge is -2.17. The summed E-state index contributed by atoms with van der Waals surface area (Å²) in [6.07, 6.45) is 5.10. The van der Waals surface area contributed by atoms with E-state index < -0.39 is 16.0 Å². The molecule has 0 heterocycles. The third kappa shape index (κ3) is 7.04. The van der Waals surface area contributed by atoms with Gasteiger partial charge < -0.3 is 9.47 Å². The number of nitrogens with one attached hydrogen (secondary N) is 1. The summed E-state index contributed by atoms with van der Waals surface area (Å²) < 4.78 is 37.7. The first-order valence-corrected chi connectivity index (χ1v) is 10.4. The molecule has 1 aliphatic carbocycles. The molecule has 0 aromatic heterocycles. The number of benzene rings is 1. The molecule has 0 amide bonds. The average Bonchev–Trinajstić information content (AvgIpc) is 3.04. The Labute approximate surface area is 150 Å². The zero-order chi connectivity index (χ0) is 18.3. The second-order valence-electron chi connectivity index (χ2n) is 6.45. The van der Waals surface area contributed by atoms with E-state index in [1.807, 2.05) is 24.3 Å². The predicted octanol–water partition coefficient (Wildman–Crippen LogP) is 2.94. The smallest absolute Gasteiger partial charge is 0.302 e. The van der Waals surface area contributed by atoms with Gasteiger partial charge in [-0.1, -0.05) is 12.1 Å². The minimum atomic E-state index is -3.44. The molecular weight excluding hydrogens is 342 g/mol. The Morgan fingerprint density at radius 3 is 2.72 bits per heavy atom. The Hall–Kier alpha value is -1.60. The first-order valence-electron chi connectivity index (χ1n) is 8.76. The van der Waals surface area contributed by atoms with Crippen LogP contribution in [0.4, 0.5) is 0 Å². The third-order valence-corrected chi connectivity index (χ3v) is 5.72. The van der Waals surface area contributed by atoms with Crippen LogP contribution in [0.15, 0.2) is 24.3 Å². The van der Waals surface area contributed by atoms with Crippen LogP contribution in [-0.4, -0.2) is 32.9 Å². The van der Waals surface area contributed by atoms with Gasteiger partial charge in [0.1, 0.15) is 5.75 Å². The molecule has 7 heteroatoms. The SMILES string of the molecule is CC(=O)OCCCS(=O)(=O)N[C@H](C)c1cccc(OC2CCCC2)c1. The van der Waals surface area contributed by atoms with Crippen LogP contribution in [0.1, 0.15) is 57.6 Å². The van der Waals surface area contributed by atoms with Crippen molar-refractivity contribution in [3.63, 3.8) is 0 Å². The van der Waals surface area contributed by atoms with E-state index in [9.17, 15) is 13.2 Å². The van der Waals surface area contributed by atoms with Crippen LogP contribution < -0.4 is 9.46 Å². The highest BCUT2D eigenvalue weighted by atomic mass is 32.2. The van der Waals surface area contributed by atoms with Gasteiger partial charge in [0.15, 0.2) is 0 Å². The number of carbonyl (C=O) groups is 1. The molecule has 1 N–H and O–H groups in total. The number of sulfonamides is 1. The van der Waals surface area contributed by atoms with Crippen molar-refractivity contribution in [2.75, 3.05) is 12.4 Å². The maximum atomic E-state index is 12.1. The molecule has 6 nitrogen and oxygen atoms in total. The lowest BCUT2D eigenvalue weighted by Crippen LogP contribution is -2.29. The number of hydrogen-bond donors (Lipinski definition) is 1. The van der Waals surface area contributed by atoms with Crippen LogP contribution in [0.5, 0.6) is 5.75 Å². The fourth-order valence-electron chi connectivity index (χ4n) is 2.92. The molecule has 0 bridgehead atoms. The molecule has 1 saturated carbocycles. The highest BCUT2D eigenvalue weighted by molar-refractivity contribution is 7.89. The van der Waals surface area contributed by atoms with Crippen molar-refractivity contribution in [1.29, 1.82) is 0 Å². The molecule has 1 aliphatic rings. The van der Waals surface area contributed by atoms with Crippen molar-refractivity contribution in [1.82, 2.24) is 4.72 Å². The molecule has 140 valence electrons. The second kappa shape index (κ2) is 9.20. The van der Waals surface area contributed by atoms with E-state index in [-0.39, 0.29) is 30.9 Å². The van der Waals surface area contributed by atoms with Crippen LogP contribution >= 0.6 is 0 Å². The first kappa shape index (κ1) is 19.7. The maximum absolute atomic E-state index is 12.1. The summed E-state index contributed by atoms with van der Waals surface area (Å²) in [6.45, 7) is 3.21.